The summed E-state index contributed by atoms with van der Waals surface area (Å²) in [6, 6.07) is 9.57. The molecule has 1 aromatic carbocycles. The van der Waals surface area contributed by atoms with E-state index in [4.69, 9.17) is 0 Å². The van der Waals surface area contributed by atoms with Gasteiger partial charge in [0.25, 0.3) is 0 Å². The maximum atomic E-state index is 3.82. The molecule has 0 bridgehead atoms. The summed E-state index contributed by atoms with van der Waals surface area (Å²) < 4.78 is 0. The Morgan fingerprint density at radius 3 is 2.23 bits per heavy atom. The fourth-order valence-corrected chi connectivity index (χ4v) is 1.08. The van der Waals surface area contributed by atoms with Crippen molar-refractivity contribution in [2.75, 3.05) is 0 Å². The second kappa shape index (κ2) is 5.27. The van der Waals surface area contributed by atoms with Crippen LogP contribution in [0.1, 0.15) is 31.9 Å². The smallest absolute Gasteiger partial charge is 0 e. The Labute approximate surface area is 107 Å². The molecule has 0 aliphatic carbocycles. The fraction of sp³-hybridized carbons (Fsp3) is 0.417. The summed E-state index contributed by atoms with van der Waals surface area (Å²) in [6.07, 6.45) is 0.824. The minimum atomic E-state index is 0. The van der Waals surface area contributed by atoms with Gasteiger partial charge in [-0.1, -0.05) is 26.2 Å². The average molecular weight is 249 g/mol. The van der Waals surface area contributed by atoms with E-state index in [1.807, 2.05) is 0 Å². The van der Waals surface area contributed by atoms with E-state index < -0.39 is 0 Å². The van der Waals surface area contributed by atoms with Crippen LogP contribution in [0.2, 0.25) is 0 Å². The van der Waals surface area contributed by atoms with Crippen molar-refractivity contribution in [1.29, 1.82) is 0 Å². The molecule has 0 spiro atoms. The molecule has 69 valence electrons. The third-order valence-electron chi connectivity index (χ3n) is 2.01. The van der Waals surface area contributed by atoms with Gasteiger partial charge in [0.2, 0.25) is 0 Å². The Balaban J connectivity index is 0.00000144. The van der Waals surface area contributed by atoms with Crippen LogP contribution >= 0.6 is 0 Å². The van der Waals surface area contributed by atoms with E-state index >= 15 is 0 Å². The third kappa shape index (κ3) is 3.91. The average Bonchev–Trinajstić information content (AvgIpc) is 2.03. The monoisotopic (exact) mass is 249 g/mol. The van der Waals surface area contributed by atoms with Crippen LogP contribution in [-0.2, 0) is 44.5 Å². The molecule has 0 heterocycles. The second-order valence-electron chi connectivity index (χ2n) is 4.10. The van der Waals surface area contributed by atoms with Crippen LogP contribution in [0.15, 0.2) is 18.2 Å². The van der Waals surface area contributed by atoms with Crippen molar-refractivity contribution >= 4 is 0 Å². The first-order chi connectivity index (χ1) is 5.54. The topological polar surface area (TPSA) is 0 Å². The van der Waals surface area contributed by atoms with Crippen molar-refractivity contribution in [3.8, 4) is 0 Å². The Kier molecular flexibility index (Phi) is 5.40. The number of hydrogen-bond donors (Lipinski definition) is 0. The Morgan fingerprint density at radius 1 is 1.31 bits per heavy atom. The Hall–Kier alpha value is 0.324. The Morgan fingerprint density at radius 2 is 1.92 bits per heavy atom. The van der Waals surface area contributed by atoms with Crippen molar-refractivity contribution in [3.05, 3.63) is 42.3 Å². The van der Waals surface area contributed by atoms with Crippen LogP contribution in [0.4, 0.5) is 0 Å². The molecule has 1 radical (unpaired) electrons. The second-order valence-corrected chi connectivity index (χ2v) is 4.10. The van der Waals surface area contributed by atoms with E-state index in [0.29, 0.717) is 0 Å². The number of hydrogen-bond acceptors (Lipinski definition) is 0. The molecule has 0 nitrogen and oxygen atoms in total. The molecule has 0 unspecified atom stereocenters. The zero-order valence-electron chi connectivity index (χ0n) is 8.72. The van der Waals surface area contributed by atoms with Crippen LogP contribution in [0.25, 0.3) is 0 Å². The molecule has 0 amide bonds. The Bertz CT molecular complexity index is 241. The minimum Gasteiger partial charge on any atom is -0.341 e. The minimum absolute atomic E-state index is 0. The van der Waals surface area contributed by atoms with E-state index in [1.165, 1.54) is 11.1 Å². The van der Waals surface area contributed by atoms with Crippen LogP contribution in [0.5, 0.6) is 0 Å². The van der Waals surface area contributed by atoms with Gasteiger partial charge >= 0.3 is 0 Å². The van der Waals surface area contributed by atoms with Crippen LogP contribution in [-0.4, -0.2) is 0 Å². The molecule has 0 atom stereocenters. The number of benzene rings is 1. The summed E-state index contributed by atoms with van der Waals surface area (Å²) in [6.45, 7) is 10.4. The molecule has 1 rings (SSSR count). The molecule has 13 heavy (non-hydrogen) atoms. The molecule has 0 fully saturated rings. The molecule has 0 N–H and O–H groups in total. The first-order valence-electron chi connectivity index (χ1n) is 4.34. The molecule has 0 aromatic heterocycles. The zero-order valence-corrected chi connectivity index (χ0v) is 11.6. The fourth-order valence-electron chi connectivity index (χ4n) is 1.08. The summed E-state index contributed by atoms with van der Waals surface area (Å²) in [5.74, 6) is 0. The maximum absolute atomic E-state index is 3.82. The van der Waals surface area contributed by atoms with Gasteiger partial charge in [-0.05, 0) is 0 Å². The zero-order chi connectivity index (χ0) is 9.19. The van der Waals surface area contributed by atoms with Crippen LogP contribution in [0.3, 0.4) is 0 Å². The standard InChI is InChI=1S/C12H16.Y/c1-5-10-6-8-11(9-7-10)12(2,3)4;/h6,8-9H,1,5H2,2-4H3;/q-2;. The van der Waals surface area contributed by atoms with Gasteiger partial charge in [0, 0.05) is 32.7 Å². The third-order valence-corrected chi connectivity index (χ3v) is 2.01. The van der Waals surface area contributed by atoms with E-state index in [2.05, 4.69) is 52.0 Å². The van der Waals surface area contributed by atoms with Crippen molar-refractivity contribution in [2.45, 2.75) is 32.6 Å². The quantitative estimate of drug-likeness (QED) is 0.671. The summed E-state index contributed by atoms with van der Waals surface area (Å²) in [7, 11) is 0. The maximum Gasteiger partial charge on any atom is 0 e. The SMILES string of the molecule is [CH2-]Cc1[c-]cc(C(C)(C)C)cc1.[Y]. The molecular weight excluding hydrogens is 233 g/mol. The van der Waals surface area contributed by atoms with Gasteiger partial charge in [0.05, 0.1) is 0 Å². The molecule has 0 saturated heterocycles. The predicted molar refractivity (Wildman–Crippen MR) is 53.0 cm³/mol. The van der Waals surface area contributed by atoms with Gasteiger partial charge in [-0.2, -0.15) is 41.8 Å². The molecule has 1 aromatic rings. The van der Waals surface area contributed by atoms with Gasteiger partial charge in [-0.25, -0.2) is 0 Å². The normalized spacial score (nSPS) is 10.8. The molecule has 0 aliphatic rings. The van der Waals surface area contributed by atoms with Gasteiger partial charge < -0.3 is 6.92 Å². The molecule has 1 heteroatoms. The summed E-state index contributed by atoms with van der Waals surface area (Å²) >= 11 is 0. The van der Waals surface area contributed by atoms with E-state index in [0.717, 1.165) is 6.42 Å². The molecule has 0 aliphatic heterocycles. The number of rotatable bonds is 1. The van der Waals surface area contributed by atoms with E-state index in [9.17, 15) is 0 Å². The van der Waals surface area contributed by atoms with Crippen LogP contribution < -0.4 is 0 Å². The van der Waals surface area contributed by atoms with Gasteiger partial charge in [-0.3, -0.25) is 0 Å². The van der Waals surface area contributed by atoms with Crippen molar-refractivity contribution in [3.63, 3.8) is 0 Å². The molecular formula is C12H16Y-2. The van der Waals surface area contributed by atoms with E-state index in [-0.39, 0.29) is 38.1 Å². The van der Waals surface area contributed by atoms with E-state index in [1.54, 1.807) is 0 Å². The summed E-state index contributed by atoms with van der Waals surface area (Å²) in [5.41, 5.74) is 2.75. The van der Waals surface area contributed by atoms with Gasteiger partial charge in [0.1, 0.15) is 0 Å². The van der Waals surface area contributed by atoms with Crippen molar-refractivity contribution in [2.24, 2.45) is 0 Å². The first-order valence-corrected chi connectivity index (χ1v) is 4.34. The van der Waals surface area contributed by atoms with Crippen LogP contribution in [0, 0.1) is 13.0 Å². The van der Waals surface area contributed by atoms with Gasteiger partial charge in [0.15, 0.2) is 0 Å². The van der Waals surface area contributed by atoms with Crippen molar-refractivity contribution < 1.29 is 32.7 Å². The predicted octanol–water partition coefficient (Wildman–Crippen LogP) is 3.16. The van der Waals surface area contributed by atoms with Crippen molar-refractivity contribution in [1.82, 2.24) is 0 Å². The van der Waals surface area contributed by atoms with Gasteiger partial charge in [-0.15, -0.1) is 0 Å². The first kappa shape index (κ1) is 13.3. The summed E-state index contributed by atoms with van der Waals surface area (Å²) in [5, 5.41) is 0. The largest absolute Gasteiger partial charge is 0.341 e. The summed E-state index contributed by atoms with van der Waals surface area (Å²) in [4.78, 5) is 0. The molecule has 0 saturated carbocycles.